The maximum Gasteiger partial charge on any atom is 0.246 e. The third kappa shape index (κ3) is 8.29. The van der Waals surface area contributed by atoms with Crippen LogP contribution in [-0.2, 0) is 9.53 Å². The molecule has 0 saturated carbocycles. The fourth-order valence-electron chi connectivity index (χ4n) is 1.84. The highest BCUT2D eigenvalue weighted by Crippen LogP contribution is 2.14. The first kappa shape index (κ1) is 17.2. The number of nitrogens with one attached hydrogen (secondary N) is 1. The van der Waals surface area contributed by atoms with Gasteiger partial charge < -0.3 is 10.1 Å². The number of rotatable bonds is 9. The van der Waals surface area contributed by atoms with Gasteiger partial charge in [0.15, 0.2) is 0 Å². The zero-order valence-corrected chi connectivity index (χ0v) is 12.6. The lowest BCUT2D eigenvalue weighted by atomic mass is 9.99. The van der Waals surface area contributed by atoms with E-state index in [2.05, 4.69) is 33.0 Å². The minimum atomic E-state index is -0.0134. The smallest absolute Gasteiger partial charge is 0.246 e. The van der Waals surface area contributed by atoms with Gasteiger partial charge in [-0.2, -0.15) is 0 Å². The molecular formula is C15H29NO2. The van der Waals surface area contributed by atoms with Gasteiger partial charge in [0.1, 0.15) is 6.61 Å². The van der Waals surface area contributed by atoms with Crippen LogP contribution >= 0.6 is 0 Å². The van der Waals surface area contributed by atoms with Gasteiger partial charge in [-0.05, 0) is 33.6 Å². The van der Waals surface area contributed by atoms with E-state index in [4.69, 9.17) is 4.74 Å². The van der Waals surface area contributed by atoms with Crippen molar-refractivity contribution < 1.29 is 9.53 Å². The van der Waals surface area contributed by atoms with Crippen molar-refractivity contribution >= 4 is 5.91 Å². The summed E-state index contributed by atoms with van der Waals surface area (Å²) in [6.45, 7) is 8.73. The molecular weight excluding hydrogens is 226 g/mol. The summed E-state index contributed by atoms with van der Waals surface area (Å²) in [6, 6.07) is 0.245. The van der Waals surface area contributed by atoms with Crippen molar-refractivity contribution in [3.8, 4) is 0 Å². The molecule has 3 heteroatoms. The van der Waals surface area contributed by atoms with E-state index in [-0.39, 0.29) is 18.6 Å². The van der Waals surface area contributed by atoms with Crippen molar-refractivity contribution in [2.24, 2.45) is 0 Å². The van der Waals surface area contributed by atoms with E-state index in [1.54, 1.807) is 7.11 Å². The molecule has 0 aromatic carbocycles. The Morgan fingerprint density at radius 1 is 1.22 bits per heavy atom. The second kappa shape index (κ2) is 10.1. The van der Waals surface area contributed by atoms with Crippen molar-refractivity contribution in [3.05, 3.63) is 11.1 Å². The SMILES string of the molecule is CCCCCC(CC(C)=C(C)C)NC(=O)COC. The summed E-state index contributed by atoms with van der Waals surface area (Å²) >= 11 is 0. The molecule has 0 bridgehead atoms. The van der Waals surface area contributed by atoms with Gasteiger partial charge >= 0.3 is 0 Å². The molecule has 3 nitrogen and oxygen atoms in total. The molecule has 0 aromatic rings. The molecule has 0 aromatic heterocycles. The minimum absolute atomic E-state index is 0.0134. The van der Waals surface area contributed by atoms with Crippen molar-refractivity contribution in [2.75, 3.05) is 13.7 Å². The molecule has 0 aliphatic heterocycles. The Morgan fingerprint density at radius 2 is 1.89 bits per heavy atom. The summed E-state index contributed by atoms with van der Waals surface area (Å²) in [5.41, 5.74) is 2.71. The molecule has 1 atom stereocenters. The van der Waals surface area contributed by atoms with Crippen LogP contribution in [0.2, 0.25) is 0 Å². The van der Waals surface area contributed by atoms with Crippen LogP contribution in [0.3, 0.4) is 0 Å². The van der Waals surface area contributed by atoms with Crippen LogP contribution in [0.25, 0.3) is 0 Å². The molecule has 1 unspecified atom stereocenters. The zero-order valence-electron chi connectivity index (χ0n) is 12.6. The Morgan fingerprint density at radius 3 is 2.39 bits per heavy atom. The largest absolute Gasteiger partial charge is 0.375 e. The van der Waals surface area contributed by atoms with Crippen LogP contribution in [0, 0.1) is 0 Å². The maximum absolute atomic E-state index is 11.6. The van der Waals surface area contributed by atoms with Crippen LogP contribution in [0.15, 0.2) is 11.1 Å². The minimum Gasteiger partial charge on any atom is -0.375 e. The first-order valence-electron chi connectivity index (χ1n) is 6.92. The molecule has 1 amide bonds. The second-order valence-electron chi connectivity index (χ2n) is 5.18. The van der Waals surface area contributed by atoms with E-state index >= 15 is 0 Å². The molecule has 18 heavy (non-hydrogen) atoms. The van der Waals surface area contributed by atoms with Crippen molar-refractivity contribution in [1.29, 1.82) is 0 Å². The summed E-state index contributed by atoms with van der Waals surface area (Å²) < 4.78 is 4.86. The van der Waals surface area contributed by atoms with Gasteiger partial charge in [-0.1, -0.05) is 37.3 Å². The number of amides is 1. The molecule has 0 spiro atoms. The lowest BCUT2D eigenvalue weighted by Gasteiger charge is -2.19. The highest BCUT2D eigenvalue weighted by atomic mass is 16.5. The number of ether oxygens (including phenoxy) is 1. The fourth-order valence-corrected chi connectivity index (χ4v) is 1.84. The highest BCUT2D eigenvalue weighted by Gasteiger charge is 2.12. The number of hydrogen-bond donors (Lipinski definition) is 1. The van der Waals surface area contributed by atoms with Gasteiger partial charge in [0.05, 0.1) is 0 Å². The molecule has 0 rings (SSSR count). The molecule has 0 radical (unpaired) electrons. The van der Waals surface area contributed by atoms with Crippen LogP contribution in [0.1, 0.15) is 59.8 Å². The summed E-state index contributed by atoms with van der Waals surface area (Å²) in [5, 5.41) is 3.06. The highest BCUT2D eigenvalue weighted by molar-refractivity contribution is 5.77. The van der Waals surface area contributed by atoms with E-state index < -0.39 is 0 Å². The molecule has 0 saturated heterocycles. The fraction of sp³-hybridized carbons (Fsp3) is 0.800. The number of carbonyl (C=O) groups is 1. The molecule has 0 aliphatic carbocycles. The van der Waals surface area contributed by atoms with Gasteiger partial charge in [-0.3, -0.25) is 4.79 Å². The average Bonchev–Trinajstić information content (AvgIpc) is 2.29. The monoisotopic (exact) mass is 255 g/mol. The van der Waals surface area contributed by atoms with Gasteiger partial charge in [0.2, 0.25) is 5.91 Å². The molecule has 0 heterocycles. The number of methoxy groups -OCH3 is 1. The van der Waals surface area contributed by atoms with Crippen LogP contribution in [0.4, 0.5) is 0 Å². The van der Waals surface area contributed by atoms with Crippen LogP contribution in [-0.4, -0.2) is 25.7 Å². The molecule has 0 fully saturated rings. The zero-order chi connectivity index (χ0) is 14.0. The normalized spacial score (nSPS) is 12.1. The maximum atomic E-state index is 11.6. The quantitative estimate of drug-likeness (QED) is 0.506. The lowest BCUT2D eigenvalue weighted by Crippen LogP contribution is -2.37. The van der Waals surface area contributed by atoms with E-state index in [0.29, 0.717) is 0 Å². The van der Waals surface area contributed by atoms with E-state index in [1.807, 2.05) is 0 Å². The van der Waals surface area contributed by atoms with Gasteiger partial charge in [-0.25, -0.2) is 0 Å². The summed E-state index contributed by atoms with van der Waals surface area (Å²) in [4.78, 5) is 11.6. The standard InChI is InChI=1S/C15H29NO2/c1-6-7-8-9-14(10-13(4)12(2)3)16-15(17)11-18-5/h14H,6-11H2,1-5H3,(H,16,17). The predicted molar refractivity (Wildman–Crippen MR) is 76.6 cm³/mol. The van der Waals surface area contributed by atoms with Crippen LogP contribution in [0.5, 0.6) is 0 Å². The first-order chi connectivity index (χ1) is 8.51. The van der Waals surface area contributed by atoms with Crippen molar-refractivity contribution in [1.82, 2.24) is 5.32 Å². The third-order valence-corrected chi connectivity index (χ3v) is 3.20. The Balaban J connectivity index is 4.32. The van der Waals surface area contributed by atoms with Gasteiger partial charge in [0.25, 0.3) is 0 Å². The lowest BCUT2D eigenvalue weighted by molar-refractivity contribution is -0.125. The van der Waals surface area contributed by atoms with Gasteiger partial charge in [0, 0.05) is 13.2 Å². The van der Waals surface area contributed by atoms with Crippen molar-refractivity contribution in [3.63, 3.8) is 0 Å². The summed E-state index contributed by atoms with van der Waals surface area (Å²) in [5.74, 6) is -0.0134. The van der Waals surface area contributed by atoms with Crippen molar-refractivity contribution in [2.45, 2.75) is 65.8 Å². The Labute approximate surface area is 112 Å². The second-order valence-corrected chi connectivity index (χ2v) is 5.18. The first-order valence-corrected chi connectivity index (χ1v) is 6.92. The molecule has 106 valence electrons. The molecule has 1 N–H and O–H groups in total. The Hall–Kier alpha value is -0.830. The Bertz CT molecular complexity index is 268. The third-order valence-electron chi connectivity index (χ3n) is 3.20. The van der Waals surface area contributed by atoms with E-state index in [9.17, 15) is 4.79 Å². The summed E-state index contributed by atoms with van der Waals surface area (Å²) in [7, 11) is 1.55. The van der Waals surface area contributed by atoms with E-state index in [0.717, 1.165) is 12.8 Å². The number of hydrogen-bond acceptors (Lipinski definition) is 2. The Kier molecular flexibility index (Phi) is 9.66. The average molecular weight is 255 g/mol. The number of carbonyl (C=O) groups excluding carboxylic acids is 1. The molecule has 0 aliphatic rings. The topological polar surface area (TPSA) is 38.3 Å². The van der Waals surface area contributed by atoms with Crippen LogP contribution < -0.4 is 5.32 Å². The number of allylic oxidation sites excluding steroid dienone is 1. The predicted octanol–water partition coefficient (Wildman–Crippen LogP) is 3.44. The summed E-state index contributed by atoms with van der Waals surface area (Å²) in [6.07, 6.45) is 5.60. The van der Waals surface area contributed by atoms with E-state index in [1.165, 1.54) is 30.4 Å². The van der Waals surface area contributed by atoms with Gasteiger partial charge in [-0.15, -0.1) is 0 Å². The number of unbranched alkanes of at least 4 members (excludes halogenated alkanes) is 2.